The van der Waals surface area contributed by atoms with Gasteiger partial charge in [0.05, 0.1) is 30.6 Å². The quantitative estimate of drug-likeness (QED) is 0.703. The Morgan fingerprint density at radius 3 is 2.50 bits per heavy atom. The average molecular weight is 284 g/mol. The number of carbonyl (C=O) groups excluding carboxylic acids is 1. The summed E-state index contributed by atoms with van der Waals surface area (Å²) in [5.41, 5.74) is 4.58. The zero-order valence-corrected chi connectivity index (χ0v) is 12.0. The molecular weight excluding hydrogens is 260 g/mol. The maximum absolute atomic E-state index is 12.6. The van der Waals surface area contributed by atoms with Gasteiger partial charge in [-0.05, 0) is 19.8 Å². The number of carboxylic acids is 1. The van der Waals surface area contributed by atoms with E-state index in [1.807, 2.05) is 0 Å². The van der Waals surface area contributed by atoms with Gasteiger partial charge in [-0.1, -0.05) is 19.3 Å². The fourth-order valence-electron chi connectivity index (χ4n) is 3.17. The third-order valence-corrected chi connectivity index (χ3v) is 4.72. The predicted octanol–water partition coefficient (Wildman–Crippen LogP) is 0.644. The topological polar surface area (TPSA) is 102 Å². The third kappa shape index (κ3) is 2.96. The number of amides is 1. The van der Waals surface area contributed by atoms with Gasteiger partial charge >= 0.3 is 5.97 Å². The summed E-state index contributed by atoms with van der Waals surface area (Å²) >= 11 is 0. The fraction of sp³-hybridized carbons (Fsp3) is 0.857. The van der Waals surface area contributed by atoms with Crippen molar-refractivity contribution in [3.8, 4) is 0 Å². The number of carbonyl (C=O) groups is 2. The molecule has 1 saturated carbocycles. The van der Waals surface area contributed by atoms with E-state index in [2.05, 4.69) is 5.32 Å². The van der Waals surface area contributed by atoms with Gasteiger partial charge in [0.1, 0.15) is 0 Å². The molecule has 20 heavy (non-hydrogen) atoms. The molecule has 0 bridgehead atoms. The number of ether oxygens (including phenoxy) is 1. The molecule has 6 heteroatoms. The van der Waals surface area contributed by atoms with E-state index in [0.29, 0.717) is 13.2 Å². The highest BCUT2D eigenvalue weighted by molar-refractivity contribution is 5.85. The Bertz CT molecular complexity index is 393. The molecule has 0 aromatic carbocycles. The van der Waals surface area contributed by atoms with Gasteiger partial charge in [0.2, 0.25) is 5.91 Å². The minimum atomic E-state index is -0.871. The number of hydrogen-bond donors (Lipinski definition) is 3. The van der Waals surface area contributed by atoms with E-state index in [9.17, 15) is 9.59 Å². The lowest BCUT2D eigenvalue weighted by atomic mass is 9.77. The molecule has 0 radical (unpaired) electrons. The second-order valence-electron chi connectivity index (χ2n) is 6.40. The number of aliphatic carboxylic acids is 1. The van der Waals surface area contributed by atoms with Crippen LogP contribution in [-0.4, -0.2) is 41.8 Å². The first-order valence-corrected chi connectivity index (χ1v) is 7.26. The second kappa shape index (κ2) is 5.69. The smallest absolute Gasteiger partial charge is 0.305 e. The molecule has 2 aliphatic rings. The van der Waals surface area contributed by atoms with Crippen molar-refractivity contribution >= 4 is 11.9 Å². The molecule has 0 spiro atoms. The summed E-state index contributed by atoms with van der Waals surface area (Å²) in [6, 6.07) is -0.340. The number of rotatable bonds is 4. The molecular formula is C14H24N2O4. The van der Waals surface area contributed by atoms with E-state index in [1.165, 1.54) is 0 Å². The van der Waals surface area contributed by atoms with Crippen molar-refractivity contribution in [2.75, 3.05) is 13.2 Å². The minimum Gasteiger partial charge on any atom is -0.481 e. The predicted molar refractivity (Wildman–Crippen MR) is 73.1 cm³/mol. The normalized spacial score (nSPS) is 32.8. The third-order valence-electron chi connectivity index (χ3n) is 4.72. The zero-order chi connectivity index (χ0) is 14.8. The van der Waals surface area contributed by atoms with Gasteiger partial charge in [0, 0.05) is 6.04 Å². The lowest BCUT2D eigenvalue weighted by Crippen LogP contribution is -2.58. The molecule has 6 nitrogen and oxygen atoms in total. The van der Waals surface area contributed by atoms with Gasteiger partial charge in [0.15, 0.2) is 0 Å². The molecule has 1 aliphatic carbocycles. The standard InChI is InChI=1S/C14H24N2O4/c1-13(9-20-8-10(13)15)12(19)16-14(7-11(17)18)5-3-2-4-6-14/h10H,2-9,15H2,1H3,(H,16,19)(H,17,18). The van der Waals surface area contributed by atoms with Gasteiger partial charge < -0.3 is 20.9 Å². The van der Waals surface area contributed by atoms with Crippen LogP contribution in [0.15, 0.2) is 0 Å². The molecule has 1 saturated heterocycles. The van der Waals surface area contributed by atoms with E-state index < -0.39 is 16.9 Å². The Morgan fingerprint density at radius 1 is 1.35 bits per heavy atom. The molecule has 1 heterocycles. The first-order chi connectivity index (χ1) is 9.38. The number of carboxylic acid groups (broad SMARTS) is 1. The lowest BCUT2D eigenvalue weighted by molar-refractivity contribution is -0.140. The molecule has 1 amide bonds. The first-order valence-electron chi connectivity index (χ1n) is 7.26. The van der Waals surface area contributed by atoms with Crippen LogP contribution in [0.5, 0.6) is 0 Å². The Balaban J connectivity index is 2.11. The molecule has 2 rings (SSSR count). The zero-order valence-electron chi connectivity index (χ0n) is 12.0. The summed E-state index contributed by atoms with van der Waals surface area (Å²) in [5, 5.41) is 12.1. The summed E-state index contributed by atoms with van der Waals surface area (Å²) in [5.74, 6) is -1.05. The van der Waals surface area contributed by atoms with E-state index in [4.69, 9.17) is 15.6 Å². The Hall–Kier alpha value is -1.14. The molecule has 0 aromatic rings. The molecule has 114 valence electrons. The monoisotopic (exact) mass is 284 g/mol. The maximum atomic E-state index is 12.6. The highest BCUT2D eigenvalue weighted by atomic mass is 16.5. The van der Waals surface area contributed by atoms with Crippen LogP contribution in [0, 0.1) is 5.41 Å². The summed E-state index contributed by atoms with van der Waals surface area (Å²) in [6.07, 6.45) is 4.41. The molecule has 2 unspecified atom stereocenters. The molecule has 0 aromatic heterocycles. The molecule has 2 atom stereocenters. The van der Waals surface area contributed by atoms with Crippen molar-refractivity contribution in [1.29, 1.82) is 0 Å². The van der Waals surface area contributed by atoms with Crippen LogP contribution in [0.4, 0.5) is 0 Å². The molecule has 2 fully saturated rings. The van der Waals surface area contributed by atoms with Crippen LogP contribution in [0.25, 0.3) is 0 Å². The van der Waals surface area contributed by atoms with Gasteiger partial charge in [-0.15, -0.1) is 0 Å². The summed E-state index contributed by atoms with van der Waals surface area (Å²) in [4.78, 5) is 23.7. The Labute approximate surface area is 119 Å². The van der Waals surface area contributed by atoms with Crippen molar-refractivity contribution in [3.05, 3.63) is 0 Å². The van der Waals surface area contributed by atoms with Crippen molar-refractivity contribution in [1.82, 2.24) is 5.32 Å². The highest BCUT2D eigenvalue weighted by Gasteiger charge is 2.47. The van der Waals surface area contributed by atoms with Gasteiger partial charge in [-0.25, -0.2) is 0 Å². The Morgan fingerprint density at radius 2 is 2.00 bits per heavy atom. The lowest BCUT2D eigenvalue weighted by Gasteiger charge is -2.40. The summed E-state index contributed by atoms with van der Waals surface area (Å²) in [7, 11) is 0. The van der Waals surface area contributed by atoms with E-state index in [-0.39, 0.29) is 18.4 Å². The number of nitrogens with two attached hydrogens (primary N) is 1. The summed E-state index contributed by atoms with van der Waals surface area (Å²) in [6.45, 7) is 2.45. The van der Waals surface area contributed by atoms with Crippen molar-refractivity contribution < 1.29 is 19.4 Å². The average Bonchev–Trinajstić information content (AvgIpc) is 2.71. The van der Waals surface area contributed by atoms with E-state index in [0.717, 1.165) is 32.1 Å². The second-order valence-corrected chi connectivity index (χ2v) is 6.40. The van der Waals surface area contributed by atoms with E-state index in [1.54, 1.807) is 6.92 Å². The van der Waals surface area contributed by atoms with Gasteiger partial charge in [-0.2, -0.15) is 0 Å². The minimum absolute atomic E-state index is 0.0229. The van der Waals surface area contributed by atoms with Crippen molar-refractivity contribution in [2.24, 2.45) is 11.1 Å². The number of hydrogen-bond acceptors (Lipinski definition) is 4. The number of nitrogens with one attached hydrogen (secondary N) is 1. The van der Waals surface area contributed by atoms with Crippen LogP contribution in [0.1, 0.15) is 45.4 Å². The largest absolute Gasteiger partial charge is 0.481 e. The maximum Gasteiger partial charge on any atom is 0.305 e. The van der Waals surface area contributed by atoms with Crippen LogP contribution >= 0.6 is 0 Å². The van der Waals surface area contributed by atoms with Crippen LogP contribution in [-0.2, 0) is 14.3 Å². The van der Waals surface area contributed by atoms with Crippen molar-refractivity contribution in [2.45, 2.75) is 57.0 Å². The van der Waals surface area contributed by atoms with Crippen LogP contribution in [0.2, 0.25) is 0 Å². The fourth-order valence-corrected chi connectivity index (χ4v) is 3.17. The van der Waals surface area contributed by atoms with Crippen LogP contribution in [0.3, 0.4) is 0 Å². The van der Waals surface area contributed by atoms with Gasteiger partial charge in [-0.3, -0.25) is 9.59 Å². The molecule has 4 N–H and O–H groups in total. The van der Waals surface area contributed by atoms with E-state index >= 15 is 0 Å². The van der Waals surface area contributed by atoms with Gasteiger partial charge in [0.25, 0.3) is 0 Å². The first kappa shape index (κ1) is 15.3. The van der Waals surface area contributed by atoms with Crippen LogP contribution < -0.4 is 11.1 Å². The highest BCUT2D eigenvalue weighted by Crippen LogP contribution is 2.34. The SMILES string of the molecule is CC1(C(=O)NC2(CC(=O)O)CCCCC2)COCC1N. The summed E-state index contributed by atoms with van der Waals surface area (Å²) < 4.78 is 5.29. The van der Waals surface area contributed by atoms with Crippen molar-refractivity contribution in [3.63, 3.8) is 0 Å². The Kier molecular flexibility index (Phi) is 4.34. The molecule has 1 aliphatic heterocycles.